The lowest BCUT2D eigenvalue weighted by atomic mass is 10.2. The maximum Gasteiger partial charge on any atom is 0.142 e. The maximum atomic E-state index is 9.41. The average Bonchev–Trinajstić information content (AvgIpc) is 2.45. The maximum absolute atomic E-state index is 9.41. The van der Waals surface area contributed by atoms with Crippen LogP contribution in [0.1, 0.15) is 5.69 Å². The number of phenolic OH excluding ortho intramolecular Hbond substituents is 1. The number of benzene rings is 1. The van der Waals surface area contributed by atoms with E-state index in [-0.39, 0.29) is 11.4 Å². The number of fused-ring (bicyclic) bond motifs is 1. The van der Waals surface area contributed by atoms with E-state index in [0.29, 0.717) is 16.6 Å². The molecule has 4 N–H and O–H groups in total. The van der Waals surface area contributed by atoms with Crippen molar-refractivity contribution < 1.29 is 5.11 Å². The molecule has 0 atom stereocenters. The molecule has 4 nitrogen and oxygen atoms in total. The summed E-state index contributed by atoms with van der Waals surface area (Å²) >= 11 is 0. The third-order valence-corrected chi connectivity index (χ3v) is 1.96. The number of anilines is 1. The van der Waals surface area contributed by atoms with Crippen LogP contribution in [-0.4, -0.2) is 10.1 Å². The van der Waals surface area contributed by atoms with E-state index in [4.69, 9.17) is 11.0 Å². The Kier molecular flexibility index (Phi) is 1.40. The molecule has 0 unspecified atom stereocenters. The van der Waals surface area contributed by atoms with E-state index in [1.54, 1.807) is 18.2 Å². The van der Waals surface area contributed by atoms with Crippen molar-refractivity contribution in [1.29, 1.82) is 5.26 Å². The van der Waals surface area contributed by atoms with Crippen molar-refractivity contribution in [1.82, 2.24) is 4.98 Å². The number of nitrogen functional groups attached to an aromatic ring is 1. The highest BCUT2D eigenvalue weighted by molar-refractivity contribution is 5.97. The standard InChI is InChI=1S/C9H7N3O/c10-4-6-8(11)5-2-1-3-7(13)9(5)12-6/h1-3,12-13H,11H2. The second-order valence-corrected chi connectivity index (χ2v) is 2.73. The zero-order valence-corrected chi connectivity index (χ0v) is 6.70. The first kappa shape index (κ1) is 7.50. The average molecular weight is 173 g/mol. The molecular formula is C9H7N3O. The van der Waals surface area contributed by atoms with Crippen LogP contribution in [0, 0.1) is 11.3 Å². The van der Waals surface area contributed by atoms with E-state index in [0.717, 1.165) is 0 Å². The third-order valence-electron chi connectivity index (χ3n) is 1.96. The number of hydrogen-bond acceptors (Lipinski definition) is 3. The van der Waals surface area contributed by atoms with E-state index in [9.17, 15) is 5.11 Å². The minimum Gasteiger partial charge on any atom is -0.506 e. The van der Waals surface area contributed by atoms with Crippen molar-refractivity contribution in [3.05, 3.63) is 23.9 Å². The Balaban J connectivity index is 2.94. The Morgan fingerprint density at radius 1 is 1.46 bits per heavy atom. The molecular weight excluding hydrogens is 166 g/mol. The van der Waals surface area contributed by atoms with Gasteiger partial charge in [-0.05, 0) is 6.07 Å². The van der Waals surface area contributed by atoms with Crippen LogP contribution in [0.15, 0.2) is 18.2 Å². The molecule has 0 bridgehead atoms. The first-order valence-corrected chi connectivity index (χ1v) is 3.73. The number of nitrogens with one attached hydrogen (secondary N) is 1. The van der Waals surface area contributed by atoms with Crippen LogP contribution in [0.3, 0.4) is 0 Å². The number of nitrogens with zero attached hydrogens (tertiary/aromatic N) is 1. The Hall–Kier alpha value is -2.15. The quantitative estimate of drug-likeness (QED) is 0.561. The van der Waals surface area contributed by atoms with Gasteiger partial charge >= 0.3 is 0 Å². The number of nitrogens with two attached hydrogens (primary N) is 1. The van der Waals surface area contributed by atoms with Gasteiger partial charge in [-0.3, -0.25) is 0 Å². The number of para-hydroxylation sites is 1. The lowest BCUT2D eigenvalue weighted by Crippen LogP contribution is -1.85. The van der Waals surface area contributed by atoms with Gasteiger partial charge in [0.1, 0.15) is 17.5 Å². The normalized spacial score (nSPS) is 10.1. The minimum absolute atomic E-state index is 0.103. The van der Waals surface area contributed by atoms with E-state index < -0.39 is 0 Å². The van der Waals surface area contributed by atoms with Crippen molar-refractivity contribution in [3.63, 3.8) is 0 Å². The molecule has 0 spiro atoms. The monoisotopic (exact) mass is 173 g/mol. The predicted octanol–water partition coefficient (Wildman–Crippen LogP) is 1.33. The lowest BCUT2D eigenvalue weighted by Gasteiger charge is -1.92. The molecule has 0 aliphatic heterocycles. The highest BCUT2D eigenvalue weighted by Crippen LogP contribution is 2.29. The Bertz CT molecular complexity index is 507. The molecule has 1 aromatic carbocycles. The van der Waals surface area contributed by atoms with Crippen molar-refractivity contribution in [2.45, 2.75) is 0 Å². The molecule has 64 valence electrons. The molecule has 0 aliphatic carbocycles. The van der Waals surface area contributed by atoms with Gasteiger partial charge in [0.2, 0.25) is 0 Å². The van der Waals surface area contributed by atoms with Gasteiger partial charge in [0, 0.05) is 5.39 Å². The summed E-state index contributed by atoms with van der Waals surface area (Å²) in [7, 11) is 0. The number of hydrogen-bond donors (Lipinski definition) is 3. The zero-order chi connectivity index (χ0) is 9.42. The van der Waals surface area contributed by atoms with Crippen LogP contribution in [-0.2, 0) is 0 Å². The first-order valence-electron chi connectivity index (χ1n) is 3.73. The lowest BCUT2D eigenvalue weighted by molar-refractivity contribution is 0.480. The summed E-state index contributed by atoms with van der Waals surface area (Å²) in [6.07, 6.45) is 0. The summed E-state index contributed by atoms with van der Waals surface area (Å²) in [6, 6.07) is 6.90. The summed E-state index contributed by atoms with van der Waals surface area (Å²) in [4.78, 5) is 2.75. The molecule has 0 aliphatic rings. The summed E-state index contributed by atoms with van der Waals surface area (Å²) in [5.74, 6) is 0.103. The van der Waals surface area contributed by atoms with E-state index in [2.05, 4.69) is 4.98 Å². The number of aromatic hydroxyl groups is 1. The molecule has 2 rings (SSSR count). The topological polar surface area (TPSA) is 85.8 Å². The third kappa shape index (κ3) is 0.908. The van der Waals surface area contributed by atoms with Crippen LogP contribution in [0.5, 0.6) is 5.75 Å². The van der Waals surface area contributed by atoms with Gasteiger partial charge in [-0.1, -0.05) is 12.1 Å². The van der Waals surface area contributed by atoms with Crippen LogP contribution < -0.4 is 5.73 Å². The molecule has 0 radical (unpaired) electrons. The van der Waals surface area contributed by atoms with Gasteiger partial charge in [-0.15, -0.1) is 0 Å². The van der Waals surface area contributed by atoms with Gasteiger partial charge in [-0.2, -0.15) is 5.26 Å². The van der Waals surface area contributed by atoms with E-state index >= 15 is 0 Å². The molecule has 0 fully saturated rings. The highest BCUT2D eigenvalue weighted by atomic mass is 16.3. The molecule has 0 amide bonds. The zero-order valence-electron chi connectivity index (χ0n) is 6.70. The van der Waals surface area contributed by atoms with Crippen molar-refractivity contribution in [2.75, 3.05) is 5.73 Å². The summed E-state index contributed by atoms with van der Waals surface area (Å²) in [5, 5.41) is 18.8. The van der Waals surface area contributed by atoms with Crippen molar-refractivity contribution >= 4 is 16.6 Å². The fraction of sp³-hybridized carbons (Fsp3) is 0. The predicted molar refractivity (Wildman–Crippen MR) is 49.1 cm³/mol. The number of H-pyrrole nitrogens is 1. The summed E-state index contributed by atoms with van der Waals surface area (Å²) < 4.78 is 0. The number of aromatic nitrogens is 1. The molecule has 1 heterocycles. The Labute approximate surface area is 74.2 Å². The molecule has 4 heteroatoms. The molecule has 2 aromatic rings. The van der Waals surface area contributed by atoms with Crippen LogP contribution in [0.4, 0.5) is 5.69 Å². The van der Waals surface area contributed by atoms with Gasteiger partial charge < -0.3 is 15.8 Å². The number of nitriles is 1. The van der Waals surface area contributed by atoms with Crippen molar-refractivity contribution in [2.24, 2.45) is 0 Å². The number of rotatable bonds is 0. The fourth-order valence-electron chi connectivity index (χ4n) is 1.31. The molecule has 1 aromatic heterocycles. The largest absolute Gasteiger partial charge is 0.506 e. The van der Waals surface area contributed by atoms with Gasteiger partial charge in [-0.25, -0.2) is 0 Å². The van der Waals surface area contributed by atoms with Gasteiger partial charge in [0.25, 0.3) is 0 Å². The smallest absolute Gasteiger partial charge is 0.142 e. The van der Waals surface area contributed by atoms with Crippen LogP contribution >= 0.6 is 0 Å². The van der Waals surface area contributed by atoms with Crippen LogP contribution in [0.25, 0.3) is 10.9 Å². The summed E-state index contributed by atoms with van der Waals surface area (Å²) in [6.45, 7) is 0. The molecule has 13 heavy (non-hydrogen) atoms. The van der Waals surface area contributed by atoms with Gasteiger partial charge in [0.05, 0.1) is 11.2 Å². The van der Waals surface area contributed by atoms with Gasteiger partial charge in [0.15, 0.2) is 0 Å². The van der Waals surface area contributed by atoms with E-state index in [1.165, 1.54) is 0 Å². The van der Waals surface area contributed by atoms with Crippen molar-refractivity contribution in [3.8, 4) is 11.8 Å². The minimum atomic E-state index is 0.103. The second kappa shape index (κ2) is 2.42. The molecule has 0 saturated carbocycles. The molecule has 0 saturated heterocycles. The highest BCUT2D eigenvalue weighted by Gasteiger charge is 2.09. The number of aromatic amines is 1. The second-order valence-electron chi connectivity index (χ2n) is 2.73. The Morgan fingerprint density at radius 3 is 2.85 bits per heavy atom. The SMILES string of the molecule is N#Cc1[nH]c2c(O)cccc2c1N. The van der Waals surface area contributed by atoms with E-state index in [1.807, 2.05) is 6.07 Å². The Morgan fingerprint density at radius 2 is 2.23 bits per heavy atom. The number of phenols is 1. The first-order chi connectivity index (χ1) is 6.24. The fourth-order valence-corrected chi connectivity index (χ4v) is 1.31. The van der Waals surface area contributed by atoms with Crippen LogP contribution in [0.2, 0.25) is 0 Å². The summed E-state index contributed by atoms with van der Waals surface area (Å²) in [5.41, 5.74) is 6.84.